The monoisotopic (exact) mass is 617 g/mol. The number of benzene rings is 2. The second-order valence-electron chi connectivity index (χ2n) is 11.4. The van der Waals surface area contributed by atoms with Crippen molar-refractivity contribution in [1.29, 1.82) is 0 Å². The van der Waals surface area contributed by atoms with Gasteiger partial charge in [0.15, 0.2) is 5.82 Å². The van der Waals surface area contributed by atoms with Gasteiger partial charge in [-0.25, -0.2) is 23.1 Å². The molecule has 9 nitrogen and oxygen atoms in total. The van der Waals surface area contributed by atoms with Crippen LogP contribution in [0.4, 0.5) is 5.82 Å². The molecule has 2 aromatic heterocycles. The van der Waals surface area contributed by atoms with Gasteiger partial charge < -0.3 is 14.5 Å². The summed E-state index contributed by atoms with van der Waals surface area (Å²) in [6, 6.07) is 16.3. The molecule has 2 fully saturated rings. The lowest BCUT2D eigenvalue weighted by atomic mass is 9.96. The summed E-state index contributed by atoms with van der Waals surface area (Å²) in [6.07, 6.45) is 6.29. The predicted molar refractivity (Wildman–Crippen MR) is 168 cm³/mol. The average molecular weight is 618 g/mol. The summed E-state index contributed by atoms with van der Waals surface area (Å²) in [5.41, 5.74) is 2.88. The topological polar surface area (TPSA) is 105 Å². The minimum atomic E-state index is -3.67. The lowest BCUT2D eigenvalue weighted by molar-refractivity contribution is 0.0746. The number of amides is 1. The van der Waals surface area contributed by atoms with Gasteiger partial charge in [-0.15, -0.1) is 11.3 Å². The van der Waals surface area contributed by atoms with E-state index in [1.54, 1.807) is 23.5 Å². The van der Waals surface area contributed by atoms with Crippen LogP contribution in [0.15, 0.2) is 59.5 Å². The fourth-order valence-electron chi connectivity index (χ4n) is 6.26. The predicted octanol–water partition coefficient (Wildman–Crippen LogP) is 4.66. The number of carbonyl (C=O) groups excluding carboxylic acids is 1. The van der Waals surface area contributed by atoms with Crippen molar-refractivity contribution in [2.75, 3.05) is 44.2 Å². The molecule has 0 radical (unpaired) electrons. The molecule has 0 bridgehead atoms. The third-order valence-corrected chi connectivity index (χ3v) is 11.3. The quantitative estimate of drug-likeness (QED) is 0.322. The number of nitrogens with one attached hydrogen (secondary N) is 1. The molecule has 2 aliphatic heterocycles. The highest BCUT2D eigenvalue weighted by atomic mass is 32.2. The minimum absolute atomic E-state index is 0.0807. The molecule has 4 aromatic rings. The maximum atomic E-state index is 13.4. The Hall–Kier alpha value is -3.38. The number of piperazine rings is 1. The van der Waals surface area contributed by atoms with Crippen LogP contribution in [0.1, 0.15) is 46.5 Å². The molecular weight excluding hydrogens is 583 g/mol. The number of rotatable bonds is 7. The maximum absolute atomic E-state index is 13.4. The Bertz CT molecular complexity index is 1730. The molecular formula is C32H35N5O4S2. The van der Waals surface area contributed by atoms with Gasteiger partial charge in [-0.2, -0.15) is 0 Å². The average Bonchev–Trinajstić information content (AvgIpc) is 3.72. The molecule has 224 valence electrons. The fourth-order valence-corrected chi connectivity index (χ4v) is 8.58. The van der Waals surface area contributed by atoms with Crippen LogP contribution >= 0.6 is 11.3 Å². The van der Waals surface area contributed by atoms with Gasteiger partial charge in [0.1, 0.15) is 10.6 Å². The molecule has 7 rings (SSSR count). The van der Waals surface area contributed by atoms with Crippen molar-refractivity contribution in [2.24, 2.45) is 0 Å². The summed E-state index contributed by atoms with van der Waals surface area (Å²) < 4.78 is 33.6. The van der Waals surface area contributed by atoms with Crippen LogP contribution in [0.2, 0.25) is 0 Å². The molecule has 1 N–H and O–H groups in total. The molecule has 43 heavy (non-hydrogen) atoms. The van der Waals surface area contributed by atoms with Crippen LogP contribution in [0.25, 0.3) is 21.6 Å². The first-order chi connectivity index (χ1) is 21.0. The van der Waals surface area contributed by atoms with Gasteiger partial charge in [0.25, 0.3) is 5.91 Å². The number of carbonyl (C=O) groups is 1. The van der Waals surface area contributed by atoms with E-state index in [9.17, 15) is 13.2 Å². The number of nitrogens with zero attached hydrogens (tertiary/aromatic N) is 4. The first-order valence-corrected chi connectivity index (χ1v) is 17.4. The van der Waals surface area contributed by atoms with Gasteiger partial charge in [-0.1, -0.05) is 30.3 Å². The Balaban J connectivity index is 1.07. The van der Waals surface area contributed by atoms with Crippen molar-refractivity contribution >= 4 is 43.3 Å². The molecule has 2 aromatic carbocycles. The number of sulfonamides is 1. The summed E-state index contributed by atoms with van der Waals surface area (Å²) >= 11 is 1.81. The van der Waals surface area contributed by atoms with Crippen LogP contribution in [-0.2, 0) is 27.6 Å². The zero-order valence-corrected chi connectivity index (χ0v) is 25.6. The third-order valence-electron chi connectivity index (χ3n) is 8.63. The SMILES string of the molecule is O=C(c1ccc(S(=O)(=O)NC[C@@H]2CCCO2)cc1)N1CCN(c2nc(-c3ccccc3)nc3sc4c(c23)CCCC4)CC1. The molecule has 11 heteroatoms. The van der Waals surface area contributed by atoms with E-state index in [0.29, 0.717) is 38.3 Å². The van der Waals surface area contributed by atoms with Gasteiger partial charge in [0, 0.05) is 55.3 Å². The van der Waals surface area contributed by atoms with E-state index >= 15 is 0 Å². The smallest absolute Gasteiger partial charge is 0.253 e. The third kappa shape index (κ3) is 5.78. The minimum Gasteiger partial charge on any atom is -0.377 e. The lowest BCUT2D eigenvalue weighted by Gasteiger charge is -2.36. The van der Waals surface area contributed by atoms with E-state index in [-0.39, 0.29) is 23.5 Å². The summed E-state index contributed by atoms with van der Waals surface area (Å²) in [7, 11) is -3.67. The van der Waals surface area contributed by atoms with E-state index in [2.05, 4.69) is 9.62 Å². The standard InChI is InChI=1S/C32H35N5O4S2/c38-32(23-12-14-25(15-13-23)43(39,40)33-21-24-9-6-20-41-24)37-18-16-36(17-19-37)30-28-26-10-4-5-11-27(26)42-31(28)35-29(34-30)22-7-2-1-3-8-22/h1-3,7-8,12-15,24,33H,4-6,9-11,16-21H2/t24-/m0/s1. The number of aryl methyl sites for hydroxylation is 2. The molecule has 3 aliphatic rings. The van der Waals surface area contributed by atoms with E-state index in [1.807, 2.05) is 35.2 Å². The number of hydrogen-bond acceptors (Lipinski definition) is 8. The highest BCUT2D eigenvalue weighted by molar-refractivity contribution is 7.89. The Morgan fingerprint density at radius 1 is 0.953 bits per heavy atom. The van der Waals surface area contributed by atoms with Crippen molar-refractivity contribution in [2.45, 2.75) is 49.5 Å². The van der Waals surface area contributed by atoms with E-state index in [0.717, 1.165) is 47.7 Å². The summed E-state index contributed by atoms with van der Waals surface area (Å²) in [5, 5.41) is 1.18. The van der Waals surface area contributed by atoms with Crippen molar-refractivity contribution in [3.8, 4) is 11.4 Å². The second-order valence-corrected chi connectivity index (χ2v) is 14.3. The number of thiophene rings is 1. The number of ether oxygens (including phenoxy) is 1. The largest absolute Gasteiger partial charge is 0.377 e. The molecule has 1 amide bonds. The number of anilines is 1. The van der Waals surface area contributed by atoms with E-state index in [4.69, 9.17) is 14.7 Å². The normalized spacial score (nSPS) is 19.1. The van der Waals surface area contributed by atoms with Crippen LogP contribution < -0.4 is 9.62 Å². The Labute approximate surface area is 256 Å². The molecule has 2 saturated heterocycles. The van der Waals surface area contributed by atoms with Gasteiger partial charge in [-0.05, 0) is 68.4 Å². The van der Waals surface area contributed by atoms with Crippen molar-refractivity contribution in [1.82, 2.24) is 19.6 Å². The number of hydrogen-bond donors (Lipinski definition) is 1. The maximum Gasteiger partial charge on any atom is 0.253 e. The van der Waals surface area contributed by atoms with Crippen LogP contribution in [0.3, 0.4) is 0 Å². The fraction of sp³-hybridized carbons (Fsp3) is 0.406. The van der Waals surface area contributed by atoms with Crippen molar-refractivity contribution < 1.29 is 17.9 Å². The Morgan fingerprint density at radius 2 is 1.72 bits per heavy atom. The van der Waals surface area contributed by atoms with Gasteiger partial charge >= 0.3 is 0 Å². The molecule has 0 saturated carbocycles. The lowest BCUT2D eigenvalue weighted by Crippen LogP contribution is -2.49. The van der Waals surface area contributed by atoms with E-state index in [1.165, 1.54) is 40.8 Å². The zero-order valence-electron chi connectivity index (χ0n) is 24.0. The van der Waals surface area contributed by atoms with Crippen LogP contribution in [-0.4, -0.2) is 74.6 Å². The molecule has 4 heterocycles. The van der Waals surface area contributed by atoms with Crippen molar-refractivity contribution in [3.63, 3.8) is 0 Å². The second kappa shape index (κ2) is 12.0. The Kier molecular flexibility index (Phi) is 7.89. The zero-order chi connectivity index (χ0) is 29.4. The molecule has 0 unspecified atom stereocenters. The van der Waals surface area contributed by atoms with Crippen LogP contribution in [0.5, 0.6) is 0 Å². The summed E-state index contributed by atoms with van der Waals surface area (Å²) in [5.74, 6) is 1.61. The first-order valence-electron chi connectivity index (χ1n) is 15.1. The summed E-state index contributed by atoms with van der Waals surface area (Å²) in [4.78, 5) is 30.3. The van der Waals surface area contributed by atoms with Gasteiger partial charge in [0.2, 0.25) is 10.0 Å². The summed E-state index contributed by atoms with van der Waals surface area (Å²) in [6.45, 7) is 3.37. The van der Waals surface area contributed by atoms with Crippen molar-refractivity contribution in [3.05, 3.63) is 70.6 Å². The molecule has 1 aliphatic carbocycles. The highest BCUT2D eigenvalue weighted by Gasteiger charge is 2.28. The van der Waals surface area contributed by atoms with Gasteiger partial charge in [-0.3, -0.25) is 4.79 Å². The Morgan fingerprint density at radius 3 is 2.47 bits per heavy atom. The number of aromatic nitrogens is 2. The van der Waals surface area contributed by atoms with Crippen LogP contribution in [0, 0.1) is 0 Å². The number of fused-ring (bicyclic) bond motifs is 3. The molecule has 1 atom stereocenters. The molecule has 0 spiro atoms. The first kappa shape index (κ1) is 28.4. The van der Waals surface area contributed by atoms with E-state index < -0.39 is 10.0 Å². The highest BCUT2D eigenvalue weighted by Crippen LogP contribution is 2.41. The van der Waals surface area contributed by atoms with Gasteiger partial charge in [0.05, 0.1) is 16.4 Å².